The zero-order valence-electron chi connectivity index (χ0n) is 19.9. The van der Waals surface area contributed by atoms with Crippen molar-refractivity contribution in [2.45, 2.75) is 39.7 Å². The number of ether oxygens (including phenoxy) is 2. The lowest BCUT2D eigenvalue weighted by Gasteiger charge is -2.55. The first kappa shape index (κ1) is 21.3. The van der Waals surface area contributed by atoms with Gasteiger partial charge in [-0.25, -0.2) is 0 Å². The van der Waals surface area contributed by atoms with Crippen LogP contribution < -0.4 is 0 Å². The van der Waals surface area contributed by atoms with Gasteiger partial charge in [-0.15, -0.1) is 0 Å². The Labute approximate surface area is 199 Å². The van der Waals surface area contributed by atoms with E-state index >= 15 is 0 Å². The van der Waals surface area contributed by atoms with Crippen LogP contribution in [0.25, 0.3) is 11.1 Å². The number of methoxy groups -OCH3 is 1. The summed E-state index contributed by atoms with van der Waals surface area (Å²) in [6.07, 6.45) is 0.847. The van der Waals surface area contributed by atoms with E-state index in [1.54, 1.807) is 0 Å². The Morgan fingerprint density at radius 1 is 0.912 bits per heavy atom. The third-order valence-electron chi connectivity index (χ3n) is 8.90. The molecule has 1 heterocycles. The standard InChI is InChI=1S/C29H28O5/c1-26(2)15-19-22-27(3,16-26)29(25(32)33-4)21(18-13-9-6-10-14-18)20(17-11-7-5-8-12-17)28(22,23(29)30)24(31)34-19/h5-14,19,22H,15-16H2,1-4H3/t19-,22+,27-,28+,29-/m0/s1. The highest BCUT2D eigenvalue weighted by atomic mass is 16.6. The predicted molar refractivity (Wildman–Crippen MR) is 126 cm³/mol. The number of hydrogen-bond acceptors (Lipinski definition) is 5. The molecule has 5 heteroatoms. The summed E-state index contributed by atoms with van der Waals surface area (Å²) < 4.78 is 11.5. The van der Waals surface area contributed by atoms with E-state index in [0.29, 0.717) is 24.0 Å². The number of ketones is 1. The van der Waals surface area contributed by atoms with Crippen LogP contribution in [0, 0.1) is 27.6 Å². The van der Waals surface area contributed by atoms with E-state index in [2.05, 4.69) is 13.8 Å². The first-order valence-corrected chi connectivity index (χ1v) is 11.9. The van der Waals surface area contributed by atoms with Gasteiger partial charge < -0.3 is 9.47 Å². The van der Waals surface area contributed by atoms with Crippen molar-refractivity contribution in [1.29, 1.82) is 0 Å². The number of benzene rings is 2. The first-order chi connectivity index (χ1) is 16.2. The lowest BCUT2D eigenvalue weighted by atomic mass is 9.46. The minimum absolute atomic E-state index is 0.220. The summed E-state index contributed by atoms with van der Waals surface area (Å²) in [7, 11) is 1.33. The van der Waals surface area contributed by atoms with Crippen LogP contribution in [0.5, 0.6) is 0 Å². The van der Waals surface area contributed by atoms with Crippen LogP contribution in [-0.2, 0) is 23.9 Å². The number of fused-ring (bicyclic) bond motifs is 2. The average Bonchev–Trinajstić information content (AvgIpc) is 3.30. The molecule has 4 aliphatic rings. The SMILES string of the molecule is COC(=O)[C@]12C(=O)[C@@]3(C(=O)O[C@H]4CC(C)(C)C[C@@]1(C)[C@@H]43)C(c1ccccc1)=C2c1ccccc1. The van der Waals surface area contributed by atoms with Gasteiger partial charge in [-0.1, -0.05) is 81.4 Å². The van der Waals surface area contributed by atoms with Gasteiger partial charge in [-0.2, -0.15) is 0 Å². The van der Waals surface area contributed by atoms with E-state index in [0.717, 1.165) is 11.1 Å². The number of carbonyl (C=O) groups is 3. The second kappa shape index (κ2) is 6.47. The number of hydrogen-bond donors (Lipinski definition) is 0. The lowest BCUT2D eigenvalue weighted by molar-refractivity contribution is -0.167. The van der Waals surface area contributed by atoms with Crippen LogP contribution >= 0.6 is 0 Å². The normalized spacial score (nSPS) is 36.9. The fourth-order valence-corrected chi connectivity index (χ4v) is 8.31. The van der Waals surface area contributed by atoms with E-state index in [9.17, 15) is 14.4 Å². The molecule has 1 saturated heterocycles. The molecule has 2 bridgehead atoms. The summed E-state index contributed by atoms with van der Waals surface area (Å²) in [5.41, 5.74) is -1.41. The molecule has 174 valence electrons. The quantitative estimate of drug-likeness (QED) is 0.494. The van der Waals surface area contributed by atoms with Crippen LogP contribution in [0.3, 0.4) is 0 Å². The topological polar surface area (TPSA) is 69.7 Å². The third-order valence-corrected chi connectivity index (χ3v) is 8.90. The van der Waals surface area contributed by atoms with Crippen LogP contribution in [0.2, 0.25) is 0 Å². The molecule has 2 aromatic carbocycles. The van der Waals surface area contributed by atoms with Gasteiger partial charge >= 0.3 is 11.9 Å². The zero-order chi connectivity index (χ0) is 24.1. The Hall–Kier alpha value is -3.21. The maximum absolute atomic E-state index is 14.8. The van der Waals surface area contributed by atoms with E-state index in [-0.39, 0.29) is 11.2 Å². The average molecular weight is 457 g/mol. The van der Waals surface area contributed by atoms with Gasteiger partial charge in [0.2, 0.25) is 0 Å². The van der Waals surface area contributed by atoms with Crippen molar-refractivity contribution in [1.82, 2.24) is 0 Å². The minimum atomic E-state index is -1.59. The molecule has 34 heavy (non-hydrogen) atoms. The molecule has 0 amide bonds. The third kappa shape index (κ3) is 2.10. The molecule has 5 atom stereocenters. The van der Waals surface area contributed by atoms with Gasteiger partial charge in [-0.3, -0.25) is 14.4 Å². The molecule has 0 N–H and O–H groups in total. The highest BCUT2D eigenvalue weighted by molar-refractivity contribution is 6.39. The minimum Gasteiger partial charge on any atom is -0.468 e. The molecule has 0 unspecified atom stereocenters. The summed E-state index contributed by atoms with van der Waals surface area (Å²) in [5.74, 6) is -1.90. The van der Waals surface area contributed by atoms with Crippen molar-refractivity contribution in [3.8, 4) is 0 Å². The second-order valence-corrected chi connectivity index (χ2v) is 11.2. The molecule has 1 aliphatic heterocycles. The fraction of sp³-hybridized carbons (Fsp3) is 0.414. The highest BCUT2D eigenvalue weighted by Crippen LogP contribution is 2.82. The molecule has 3 fully saturated rings. The fourth-order valence-electron chi connectivity index (χ4n) is 8.31. The van der Waals surface area contributed by atoms with Crippen molar-refractivity contribution in [2.24, 2.45) is 27.6 Å². The Balaban J connectivity index is 1.83. The van der Waals surface area contributed by atoms with Crippen molar-refractivity contribution < 1.29 is 23.9 Å². The molecule has 1 spiro atoms. The Morgan fingerprint density at radius 2 is 1.47 bits per heavy atom. The van der Waals surface area contributed by atoms with Gasteiger partial charge in [0, 0.05) is 11.3 Å². The smallest absolute Gasteiger partial charge is 0.325 e. The second-order valence-electron chi connectivity index (χ2n) is 11.2. The summed E-state index contributed by atoms with van der Waals surface area (Å²) in [5, 5.41) is 0. The summed E-state index contributed by atoms with van der Waals surface area (Å²) in [4.78, 5) is 42.7. The van der Waals surface area contributed by atoms with Crippen molar-refractivity contribution in [3.05, 3.63) is 71.8 Å². The van der Waals surface area contributed by atoms with Crippen molar-refractivity contribution in [2.75, 3.05) is 7.11 Å². The molecule has 3 aliphatic carbocycles. The molecule has 2 saturated carbocycles. The van der Waals surface area contributed by atoms with Gasteiger partial charge in [0.25, 0.3) is 0 Å². The van der Waals surface area contributed by atoms with Crippen molar-refractivity contribution >= 4 is 28.9 Å². The maximum atomic E-state index is 14.8. The van der Waals surface area contributed by atoms with Crippen LogP contribution in [0.4, 0.5) is 0 Å². The molecule has 2 aromatic rings. The number of esters is 2. The molecule has 6 rings (SSSR count). The molecule has 0 aromatic heterocycles. The molecular weight excluding hydrogens is 428 g/mol. The number of rotatable bonds is 3. The monoisotopic (exact) mass is 456 g/mol. The number of carbonyl (C=O) groups excluding carboxylic acids is 3. The van der Waals surface area contributed by atoms with Crippen LogP contribution in [0.1, 0.15) is 44.7 Å². The Morgan fingerprint density at radius 3 is 2.03 bits per heavy atom. The summed E-state index contributed by atoms with van der Waals surface area (Å²) in [6.45, 7) is 6.26. The largest absolute Gasteiger partial charge is 0.468 e. The Bertz CT molecular complexity index is 1280. The van der Waals surface area contributed by atoms with Gasteiger partial charge in [-0.05, 0) is 40.5 Å². The predicted octanol–water partition coefficient (Wildman–Crippen LogP) is 4.71. The van der Waals surface area contributed by atoms with Crippen LogP contribution in [0.15, 0.2) is 60.7 Å². The molecule has 0 radical (unpaired) electrons. The number of Topliss-reactive ketones (excluding diaryl/α,β-unsaturated/α-hetero) is 1. The summed E-state index contributed by atoms with van der Waals surface area (Å²) in [6, 6.07) is 19.0. The van der Waals surface area contributed by atoms with Crippen molar-refractivity contribution in [3.63, 3.8) is 0 Å². The van der Waals surface area contributed by atoms with E-state index < -0.39 is 40.2 Å². The lowest BCUT2D eigenvalue weighted by Crippen LogP contribution is -2.56. The molecular formula is C29H28O5. The van der Waals surface area contributed by atoms with Gasteiger partial charge in [0.15, 0.2) is 16.6 Å². The van der Waals surface area contributed by atoms with Gasteiger partial charge in [0.05, 0.1) is 7.11 Å². The van der Waals surface area contributed by atoms with E-state index in [1.807, 2.05) is 67.6 Å². The summed E-state index contributed by atoms with van der Waals surface area (Å²) >= 11 is 0. The highest BCUT2D eigenvalue weighted by Gasteiger charge is 2.90. The van der Waals surface area contributed by atoms with E-state index in [4.69, 9.17) is 9.47 Å². The van der Waals surface area contributed by atoms with Crippen LogP contribution in [-0.4, -0.2) is 30.9 Å². The Kier molecular flexibility index (Phi) is 4.06. The molecule has 5 nitrogen and oxygen atoms in total. The maximum Gasteiger partial charge on any atom is 0.325 e. The van der Waals surface area contributed by atoms with E-state index in [1.165, 1.54) is 7.11 Å². The zero-order valence-corrected chi connectivity index (χ0v) is 19.9. The first-order valence-electron chi connectivity index (χ1n) is 11.9. The van der Waals surface area contributed by atoms with Gasteiger partial charge in [0.1, 0.15) is 6.10 Å².